The second-order valence-electron chi connectivity index (χ2n) is 9.61. The zero-order chi connectivity index (χ0) is 26.9. The average molecular weight is 535 g/mol. The van der Waals surface area contributed by atoms with E-state index in [0.717, 1.165) is 38.5 Å². The summed E-state index contributed by atoms with van der Waals surface area (Å²) in [5, 5.41) is 13.4. The maximum Gasteiger partial charge on any atom is 0.472 e. The first-order valence-electron chi connectivity index (χ1n) is 14.3. The van der Waals surface area contributed by atoms with Gasteiger partial charge in [0, 0.05) is 13.0 Å². The van der Waals surface area contributed by atoms with E-state index < -0.39 is 20.0 Å². The van der Waals surface area contributed by atoms with Crippen molar-refractivity contribution in [1.82, 2.24) is 5.32 Å². The summed E-state index contributed by atoms with van der Waals surface area (Å²) in [7, 11) is -4.31. The third kappa shape index (κ3) is 22.4. The Hall–Kier alpha value is -0.760. The molecule has 0 aliphatic carbocycles. The number of allylic oxidation sites excluding steroid dienone is 1. The molecule has 1 amide bonds. The molecule has 0 saturated carbocycles. The summed E-state index contributed by atoms with van der Waals surface area (Å²) in [4.78, 5) is 22.3. The fourth-order valence-corrected chi connectivity index (χ4v) is 4.65. The van der Waals surface area contributed by atoms with Crippen LogP contribution in [0.25, 0.3) is 0 Å². The van der Waals surface area contributed by atoms with Gasteiger partial charge in [0.1, 0.15) is 0 Å². The number of carbonyl (C=O) groups is 1. The topological polar surface area (TPSA) is 131 Å². The largest absolute Gasteiger partial charge is 0.472 e. The number of aliphatic hydroxyl groups excluding tert-OH is 1. The van der Waals surface area contributed by atoms with Crippen molar-refractivity contribution in [2.75, 3.05) is 19.8 Å². The highest BCUT2D eigenvalue weighted by molar-refractivity contribution is 7.47. The first-order chi connectivity index (χ1) is 17.4. The summed E-state index contributed by atoms with van der Waals surface area (Å²) in [5.74, 6) is -0.203. The van der Waals surface area contributed by atoms with Crippen LogP contribution >= 0.6 is 7.82 Å². The summed E-state index contributed by atoms with van der Waals surface area (Å²) in [6.45, 7) is 4.02. The molecule has 0 fully saturated rings. The minimum atomic E-state index is -4.31. The minimum Gasteiger partial charge on any atom is -0.387 e. The van der Waals surface area contributed by atoms with Crippen LogP contribution in [0.15, 0.2) is 12.2 Å². The average Bonchev–Trinajstić information content (AvgIpc) is 2.85. The predicted octanol–water partition coefficient (Wildman–Crippen LogP) is 6.15. The lowest BCUT2D eigenvalue weighted by Gasteiger charge is -2.23. The number of unbranched alkanes of at least 4 members (excludes halogenated alkanes) is 14. The van der Waals surface area contributed by atoms with Gasteiger partial charge in [0.25, 0.3) is 0 Å². The van der Waals surface area contributed by atoms with Crippen molar-refractivity contribution in [3.63, 3.8) is 0 Å². The van der Waals surface area contributed by atoms with Gasteiger partial charge in [-0.15, -0.1) is 0 Å². The van der Waals surface area contributed by atoms with Crippen LogP contribution in [-0.4, -0.2) is 47.8 Å². The Morgan fingerprint density at radius 2 is 1.42 bits per heavy atom. The molecule has 0 rings (SSSR count). The van der Waals surface area contributed by atoms with Crippen LogP contribution in [0.4, 0.5) is 0 Å². The Morgan fingerprint density at radius 3 is 1.97 bits per heavy atom. The van der Waals surface area contributed by atoms with Crippen LogP contribution in [0.5, 0.6) is 0 Å². The molecule has 9 heteroatoms. The van der Waals surface area contributed by atoms with Gasteiger partial charge >= 0.3 is 7.82 Å². The summed E-state index contributed by atoms with van der Waals surface area (Å²) >= 11 is 0. The molecule has 0 aromatic carbocycles. The standard InChI is InChI=1S/C27H55N2O6P/c1-3-5-7-9-11-13-15-17-19-21-27(31)29-25(24-35-36(32,33)34-23-22-28)26(30)20-18-16-14-12-10-8-6-4-2/h18,20,25-26,30H,3-17,19,21-24,28H2,1-2H3,(H,29,31)(H,32,33)/b20-18+. The van der Waals surface area contributed by atoms with Crippen LogP contribution in [0.2, 0.25) is 0 Å². The number of phosphoric acid groups is 1. The number of hydrogen-bond acceptors (Lipinski definition) is 6. The molecule has 3 atom stereocenters. The zero-order valence-electron chi connectivity index (χ0n) is 23.0. The molecule has 0 aromatic rings. The van der Waals surface area contributed by atoms with Gasteiger partial charge in [-0.2, -0.15) is 0 Å². The summed E-state index contributed by atoms with van der Waals surface area (Å²) in [6, 6.07) is -0.848. The number of amides is 1. The molecular weight excluding hydrogens is 479 g/mol. The first kappa shape index (κ1) is 35.2. The lowest BCUT2D eigenvalue weighted by molar-refractivity contribution is -0.123. The molecule has 0 bridgehead atoms. The fourth-order valence-electron chi connectivity index (χ4n) is 3.89. The van der Waals surface area contributed by atoms with E-state index in [-0.39, 0.29) is 25.7 Å². The molecule has 0 radical (unpaired) electrons. The fraction of sp³-hybridized carbons (Fsp3) is 0.889. The van der Waals surface area contributed by atoms with E-state index in [0.29, 0.717) is 6.42 Å². The lowest BCUT2D eigenvalue weighted by Crippen LogP contribution is -2.45. The molecule has 36 heavy (non-hydrogen) atoms. The van der Waals surface area contributed by atoms with Crippen molar-refractivity contribution in [1.29, 1.82) is 0 Å². The maximum atomic E-state index is 12.5. The molecule has 5 N–H and O–H groups in total. The Balaban J connectivity index is 4.51. The van der Waals surface area contributed by atoms with E-state index in [2.05, 4.69) is 19.2 Å². The summed E-state index contributed by atoms with van der Waals surface area (Å²) in [5.41, 5.74) is 5.30. The van der Waals surface area contributed by atoms with Gasteiger partial charge in [-0.1, -0.05) is 109 Å². The highest BCUT2D eigenvalue weighted by atomic mass is 31.2. The number of nitrogens with one attached hydrogen (secondary N) is 1. The first-order valence-corrected chi connectivity index (χ1v) is 15.8. The van der Waals surface area contributed by atoms with Gasteiger partial charge in [-0.3, -0.25) is 13.8 Å². The maximum absolute atomic E-state index is 12.5. The molecule has 0 aromatic heterocycles. The number of hydrogen-bond donors (Lipinski definition) is 4. The highest BCUT2D eigenvalue weighted by Crippen LogP contribution is 2.43. The van der Waals surface area contributed by atoms with Gasteiger partial charge in [0.2, 0.25) is 5.91 Å². The van der Waals surface area contributed by atoms with Gasteiger partial charge < -0.3 is 21.1 Å². The molecule has 0 spiro atoms. The van der Waals surface area contributed by atoms with Gasteiger partial charge in [0.15, 0.2) is 0 Å². The van der Waals surface area contributed by atoms with E-state index in [4.69, 9.17) is 14.8 Å². The number of phosphoric ester groups is 1. The second-order valence-corrected chi connectivity index (χ2v) is 11.1. The van der Waals surface area contributed by atoms with Crippen molar-refractivity contribution >= 4 is 13.7 Å². The molecule has 214 valence electrons. The van der Waals surface area contributed by atoms with Crippen molar-refractivity contribution < 1.29 is 28.4 Å². The van der Waals surface area contributed by atoms with Gasteiger partial charge in [-0.05, 0) is 19.3 Å². The third-order valence-corrected chi connectivity index (χ3v) is 7.10. The number of rotatable bonds is 26. The molecule has 0 aliphatic heterocycles. The lowest BCUT2D eigenvalue weighted by atomic mass is 10.1. The predicted molar refractivity (Wildman–Crippen MR) is 148 cm³/mol. The normalized spacial score (nSPS) is 15.1. The van der Waals surface area contributed by atoms with Crippen LogP contribution in [0.1, 0.15) is 123 Å². The van der Waals surface area contributed by atoms with Crippen LogP contribution in [0, 0.1) is 0 Å². The van der Waals surface area contributed by atoms with Crippen LogP contribution in [0.3, 0.4) is 0 Å². The van der Waals surface area contributed by atoms with E-state index in [1.165, 1.54) is 64.2 Å². The van der Waals surface area contributed by atoms with Crippen molar-refractivity contribution in [3.8, 4) is 0 Å². The second kappa shape index (κ2) is 24.6. The third-order valence-electron chi connectivity index (χ3n) is 6.11. The molecular formula is C27H55N2O6P. The van der Waals surface area contributed by atoms with E-state index in [1.54, 1.807) is 6.08 Å². The quantitative estimate of drug-likeness (QED) is 0.0594. The number of aliphatic hydroxyl groups is 1. The van der Waals surface area contributed by atoms with E-state index in [9.17, 15) is 19.4 Å². The Kier molecular flexibility index (Phi) is 24.1. The summed E-state index contributed by atoms with van der Waals surface area (Å²) in [6.07, 6.45) is 21.3. The monoisotopic (exact) mass is 534 g/mol. The van der Waals surface area contributed by atoms with Crippen molar-refractivity contribution in [3.05, 3.63) is 12.2 Å². The van der Waals surface area contributed by atoms with Crippen molar-refractivity contribution in [2.45, 2.75) is 135 Å². The van der Waals surface area contributed by atoms with Crippen LogP contribution < -0.4 is 11.1 Å². The van der Waals surface area contributed by atoms with E-state index >= 15 is 0 Å². The number of nitrogens with two attached hydrogens (primary N) is 1. The van der Waals surface area contributed by atoms with Gasteiger partial charge in [0.05, 0.1) is 25.4 Å². The highest BCUT2D eigenvalue weighted by Gasteiger charge is 2.26. The number of carbonyl (C=O) groups excluding carboxylic acids is 1. The van der Waals surface area contributed by atoms with Gasteiger partial charge in [-0.25, -0.2) is 4.57 Å². The van der Waals surface area contributed by atoms with Crippen LogP contribution in [-0.2, 0) is 18.4 Å². The smallest absolute Gasteiger partial charge is 0.387 e. The molecule has 0 aliphatic rings. The van der Waals surface area contributed by atoms with Crippen molar-refractivity contribution in [2.24, 2.45) is 5.73 Å². The Labute approximate surface area is 220 Å². The van der Waals surface area contributed by atoms with E-state index in [1.807, 2.05) is 6.08 Å². The molecule has 0 heterocycles. The SMILES string of the molecule is CCCCCCCC/C=C/C(O)C(COP(=O)(O)OCCN)NC(=O)CCCCCCCCCCC. The Bertz CT molecular complexity index is 591. The summed E-state index contributed by atoms with van der Waals surface area (Å²) < 4.78 is 21.8. The molecule has 8 nitrogen and oxygen atoms in total. The molecule has 3 unspecified atom stereocenters. The Morgan fingerprint density at radius 1 is 0.889 bits per heavy atom. The zero-order valence-corrected chi connectivity index (χ0v) is 23.9. The minimum absolute atomic E-state index is 0.0800. The molecule has 0 saturated heterocycles.